The summed E-state index contributed by atoms with van der Waals surface area (Å²) in [6.45, 7) is 5.09. The zero-order chi connectivity index (χ0) is 15.2. The van der Waals surface area contributed by atoms with Crippen LogP contribution in [0.4, 0.5) is 0 Å². The van der Waals surface area contributed by atoms with Gasteiger partial charge in [-0.05, 0) is 49.5 Å². The summed E-state index contributed by atoms with van der Waals surface area (Å²) in [6.07, 6.45) is 3.35. The van der Waals surface area contributed by atoms with Gasteiger partial charge in [0.25, 0.3) is 0 Å². The van der Waals surface area contributed by atoms with Crippen LogP contribution in [0, 0.1) is 5.92 Å². The van der Waals surface area contributed by atoms with Gasteiger partial charge in [0.1, 0.15) is 0 Å². The summed E-state index contributed by atoms with van der Waals surface area (Å²) >= 11 is 5.96. The fourth-order valence-electron chi connectivity index (χ4n) is 3.10. The van der Waals surface area contributed by atoms with Crippen LogP contribution >= 0.6 is 11.6 Å². The van der Waals surface area contributed by atoms with Crippen molar-refractivity contribution in [3.63, 3.8) is 0 Å². The van der Waals surface area contributed by atoms with E-state index >= 15 is 0 Å². The Labute approximate surface area is 132 Å². The number of unbranched alkanes of at least 4 members (excludes halogenated alkanes) is 1. The largest absolute Gasteiger partial charge is 0.469 e. The number of halogens is 1. The molecule has 0 aromatic heterocycles. The van der Waals surface area contributed by atoms with E-state index in [1.54, 1.807) is 0 Å². The average molecular weight is 310 g/mol. The van der Waals surface area contributed by atoms with E-state index in [1.807, 2.05) is 24.3 Å². The number of hydrogen-bond acceptors (Lipinski definition) is 3. The molecule has 1 saturated heterocycles. The first kappa shape index (κ1) is 16.3. The van der Waals surface area contributed by atoms with Crippen LogP contribution in [0.25, 0.3) is 0 Å². The molecule has 4 heteroatoms. The van der Waals surface area contributed by atoms with Crippen molar-refractivity contribution in [1.29, 1.82) is 0 Å². The fourth-order valence-corrected chi connectivity index (χ4v) is 3.23. The molecule has 0 spiro atoms. The Bertz CT molecular complexity index is 460. The first-order chi connectivity index (χ1) is 10.2. The highest BCUT2D eigenvalue weighted by Crippen LogP contribution is 2.34. The third kappa shape index (κ3) is 4.21. The molecule has 1 fully saturated rings. The number of ether oxygens (including phenoxy) is 1. The highest BCUT2D eigenvalue weighted by Gasteiger charge is 2.35. The van der Waals surface area contributed by atoms with E-state index in [2.05, 4.69) is 11.8 Å². The number of hydrogen-bond donors (Lipinski definition) is 0. The summed E-state index contributed by atoms with van der Waals surface area (Å²) < 4.78 is 5.03. The maximum atomic E-state index is 12.2. The SMILES string of the molecule is CCCCN1CCC(c2ccc(Cl)cc2)C(C(=O)OC)C1. The van der Waals surface area contributed by atoms with E-state index in [0.717, 1.165) is 31.1 Å². The van der Waals surface area contributed by atoms with Crippen molar-refractivity contribution in [2.75, 3.05) is 26.7 Å². The van der Waals surface area contributed by atoms with Crippen molar-refractivity contribution in [2.45, 2.75) is 32.1 Å². The van der Waals surface area contributed by atoms with E-state index in [-0.39, 0.29) is 17.8 Å². The van der Waals surface area contributed by atoms with Gasteiger partial charge in [0.2, 0.25) is 0 Å². The number of carbonyl (C=O) groups excluding carboxylic acids is 1. The Morgan fingerprint density at radius 2 is 2.10 bits per heavy atom. The van der Waals surface area contributed by atoms with Gasteiger partial charge in [0.15, 0.2) is 0 Å². The predicted octanol–water partition coefficient (Wildman–Crippen LogP) is 3.72. The molecule has 0 radical (unpaired) electrons. The minimum absolute atomic E-state index is 0.0817. The van der Waals surface area contributed by atoms with Crippen LogP contribution in [0.15, 0.2) is 24.3 Å². The number of benzene rings is 1. The molecule has 0 aliphatic carbocycles. The van der Waals surface area contributed by atoms with Crippen molar-refractivity contribution < 1.29 is 9.53 Å². The van der Waals surface area contributed by atoms with Crippen LogP contribution in [0.1, 0.15) is 37.7 Å². The standard InChI is InChI=1S/C17H24ClNO2/c1-3-4-10-19-11-9-15(16(12-19)17(20)21-2)13-5-7-14(18)8-6-13/h5-8,15-16H,3-4,9-12H2,1-2H3. The number of esters is 1. The molecule has 2 unspecified atom stereocenters. The molecule has 21 heavy (non-hydrogen) atoms. The van der Waals surface area contributed by atoms with Crippen molar-refractivity contribution in [3.05, 3.63) is 34.9 Å². The molecular formula is C17H24ClNO2. The van der Waals surface area contributed by atoms with Crippen molar-refractivity contribution in [3.8, 4) is 0 Å². The number of carbonyl (C=O) groups is 1. The zero-order valence-corrected chi connectivity index (χ0v) is 13.6. The van der Waals surface area contributed by atoms with E-state index in [4.69, 9.17) is 16.3 Å². The first-order valence-electron chi connectivity index (χ1n) is 7.71. The summed E-state index contributed by atoms with van der Waals surface area (Å²) in [5, 5.41) is 0.730. The van der Waals surface area contributed by atoms with Gasteiger partial charge in [0.05, 0.1) is 13.0 Å². The number of nitrogens with zero attached hydrogens (tertiary/aromatic N) is 1. The second kappa shape index (κ2) is 7.81. The lowest BCUT2D eigenvalue weighted by atomic mass is 9.80. The quantitative estimate of drug-likeness (QED) is 0.776. The summed E-state index contributed by atoms with van der Waals surface area (Å²) in [4.78, 5) is 14.5. The highest BCUT2D eigenvalue weighted by atomic mass is 35.5. The maximum absolute atomic E-state index is 12.2. The lowest BCUT2D eigenvalue weighted by Gasteiger charge is -2.37. The Morgan fingerprint density at radius 1 is 1.38 bits per heavy atom. The molecule has 1 aliphatic heterocycles. The van der Waals surface area contributed by atoms with E-state index in [9.17, 15) is 4.79 Å². The third-order valence-corrected chi connectivity index (χ3v) is 4.58. The van der Waals surface area contributed by atoms with Gasteiger partial charge in [-0.3, -0.25) is 4.79 Å². The summed E-state index contributed by atoms with van der Waals surface area (Å²) in [7, 11) is 1.48. The zero-order valence-electron chi connectivity index (χ0n) is 12.8. The Kier molecular flexibility index (Phi) is 6.07. The van der Waals surface area contributed by atoms with Crippen LogP contribution in [0.3, 0.4) is 0 Å². The molecule has 0 N–H and O–H groups in total. The number of rotatable bonds is 5. The minimum Gasteiger partial charge on any atom is -0.469 e. The number of piperidine rings is 1. The van der Waals surface area contributed by atoms with Gasteiger partial charge in [-0.15, -0.1) is 0 Å². The van der Waals surface area contributed by atoms with Crippen molar-refractivity contribution in [1.82, 2.24) is 4.90 Å². The maximum Gasteiger partial charge on any atom is 0.310 e. The summed E-state index contributed by atoms with van der Waals surface area (Å²) in [5.41, 5.74) is 1.19. The van der Waals surface area contributed by atoms with Crippen LogP contribution < -0.4 is 0 Å². The van der Waals surface area contributed by atoms with Crippen molar-refractivity contribution >= 4 is 17.6 Å². The van der Waals surface area contributed by atoms with Gasteiger partial charge in [-0.25, -0.2) is 0 Å². The van der Waals surface area contributed by atoms with Gasteiger partial charge >= 0.3 is 5.97 Å². The molecule has 1 aliphatic rings. The summed E-state index contributed by atoms with van der Waals surface area (Å²) in [6, 6.07) is 7.86. The van der Waals surface area contributed by atoms with Crippen LogP contribution in [0.5, 0.6) is 0 Å². The molecule has 1 aromatic carbocycles. The molecule has 1 heterocycles. The highest BCUT2D eigenvalue weighted by molar-refractivity contribution is 6.30. The molecular weight excluding hydrogens is 286 g/mol. The second-order valence-corrected chi connectivity index (χ2v) is 6.17. The predicted molar refractivity (Wildman–Crippen MR) is 85.7 cm³/mol. The third-order valence-electron chi connectivity index (χ3n) is 4.33. The molecule has 2 rings (SSSR count). The molecule has 0 amide bonds. The first-order valence-corrected chi connectivity index (χ1v) is 8.09. The monoisotopic (exact) mass is 309 g/mol. The molecule has 0 saturated carbocycles. The van der Waals surface area contributed by atoms with Gasteiger partial charge in [-0.2, -0.15) is 0 Å². The Balaban J connectivity index is 2.12. The Morgan fingerprint density at radius 3 is 2.71 bits per heavy atom. The smallest absolute Gasteiger partial charge is 0.310 e. The topological polar surface area (TPSA) is 29.5 Å². The molecule has 0 bridgehead atoms. The van der Waals surface area contributed by atoms with Crippen LogP contribution in [0.2, 0.25) is 5.02 Å². The van der Waals surface area contributed by atoms with Gasteiger partial charge in [-0.1, -0.05) is 37.1 Å². The summed E-state index contributed by atoms with van der Waals surface area (Å²) in [5.74, 6) is 0.0468. The number of likely N-dealkylation sites (tertiary alicyclic amines) is 1. The normalized spacial score (nSPS) is 23.0. The van der Waals surface area contributed by atoms with E-state index < -0.39 is 0 Å². The fraction of sp³-hybridized carbons (Fsp3) is 0.588. The molecule has 2 atom stereocenters. The van der Waals surface area contributed by atoms with Crippen LogP contribution in [-0.4, -0.2) is 37.6 Å². The van der Waals surface area contributed by atoms with E-state index in [1.165, 1.54) is 25.5 Å². The second-order valence-electron chi connectivity index (χ2n) is 5.73. The van der Waals surface area contributed by atoms with E-state index in [0.29, 0.717) is 0 Å². The average Bonchev–Trinajstić information content (AvgIpc) is 2.52. The lowest BCUT2D eigenvalue weighted by molar-refractivity contribution is -0.148. The molecule has 116 valence electrons. The van der Waals surface area contributed by atoms with Crippen molar-refractivity contribution in [2.24, 2.45) is 5.92 Å². The van der Waals surface area contributed by atoms with Crippen LogP contribution in [-0.2, 0) is 9.53 Å². The minimum atomic E-state index is -0.101. The molecule has 3 nitrogen and oxygen atoms in total. The van der Waals surface area contributed by atoms with Gasteiger partial charge < -0.3 is 9.64 Å². The molecule has 1 aromatic rings. The lowest BCUT2D eigenvalue weighted by Crippen LogP contribution is -2.43. The number of methoxy groups -OCH3 is 1. The Hall–Kier alpha value is -1.06. The van der Waals surface area contributed by atoms with Gasteiger partial charge in [0, 0.05) is 11.6 Å².